The monoisotopic (exact) mass is 590 g/mol. The van der Waals surface area contributed by atoms with E-state index in [1.807, 2.05) is 18.4 Å². The van der Waals surface area contributed by atoms with E-state index in [1.165, 1.54) is 75.9 Å². The number of nitrogens with zero attached hydrogens (tertiary/aromatic N) is 1. The predicted octanol–water partition coefficient (Wildman–Crippen LogP) is 10.3. The van der Waals surface area contributed by atoms with E-state index in [0.717, 1.165) is 18.6 Å². The molecule has 6 rings (SSSR count). The summed E-state index contributed by atoms with van der Waals surface area (Å²) in [6.45, 7) is 18.6. The van der Waals surface area contributed by atoms with Crippen LogP contribution in [0.5, 0.6) is 0 Å². The van der Waals surface area contributed by atoms with E-state index in [2.05, 4.69) is 107 Å². The van der Waals surface area contributed by atoms with Crippen molar-refractivity contribution in [3.63, 3.8) is 0 Å². The maximum absolute atomic E-state index is 5.71. The zero-order chi connectivity index (χ0) is 30.6. The van der Waals surface area contributed by atoms with Crippen molar-refractivity contribution in [3.8, 4) is 21.7 Å². The molecule has 4 heteroatoms. The molecule has 2 aromatic heterocycles. The smallest absolute Gasteiger partial charge is 0.231 e. The van der Waals surface area contributed by atoms with Crippen molar-refractivity contribution in [3.05, 3.63) is 100 Å². The van der Waals surface area contributed by atoms with Gasteiger partial charge in [-0.3, -0.25) is 0 Å². The molecule has 0 fully saturated rings. The third-order valence-electron chi connectivity index (χ3n) is 9.52. The molecule has 1 aliphatic rings. The normalized spacial score (nSPS) is 16.1. The van der Waals surface area contributed by atoms with Crippen LogP contribution in [0.2, 0.25) is 0 Å². The second-order valence-corrected chi connectivity index (χ2v) is 13.7. The highest BCUT2D eigenvalue weighted by molar-refractivity contribution is 7.23. The molecule has 0 saturated heterocycles. The van der Waals surface area contributed by atoms with E-state index >= 15 is 0 Å². The second-order valence-electron chi connectivity index (χ2n) is 12.7. The lowest BCUT2D eigenvalue weighted by Crippen LogP contribution is -2.48. The zero-order valence-corrected chi connectivity index (χ0v) is 27.7. The van der Waals surface area contributed by atoms with Crippen molar-refractivity contribution < 1.29 is 14.0 Å². The lowest BCUT2D eigenvalue weighted by atomic mass is 9.75. The average Bonchev–Trinajstić information content (AvgIpc) is 3.30. The molecule has 1 aliphatic heterocycles. The topological polar surface area (TPSA) is 22.3 Å². The minimum absolute atomic E-state index is 0.163. The minimum Gasteiger partial charge on any atom is -0.501 e. The van der Waals surface area contributed by atoms with Crippen molar-refractivity contribution >= 4 is 32.2 Å². The molecular weight excluding hydrogens is 547 g/mol. The fraction of sp³-hybridized carbons (Fsp3) is 0.359. The summed E-state index contributed by atoms with van der Waals surface area (Å²) in [5.74, 6) is 1.47. The number of aryl methyl sites for hydroxylation is 4. The highest BCUT2D eigenvalue weighted by atomic mass is 32.1. The quantitative estimate of drug-likeness (QED) is 0.132. The maximum Gasteiger partial charge on any atom is 0.231 e. The third kappa shape index (κ3) is 4.89. The largest absolute Gasteiger partial charge is 0.501 e. The van der Waals surface area contributed by atoms with Gasteiger partial charge in [0, 0.05) is 30.0 Å². The van der Waals surface area contributed by atoms with Crippen LogP contribution >= 0.6 is 11.3 Å². The number of aromatic nitrogens is 1. The number of hydrogen-bond donors (Lipinski definition) is 0. The Morgan fingerprint density at radius 3 is 2.30 bits per heavy atom. The van der Waals surface area contributed by atoms with Crippen LogP contribution in [0.3, 0.4) is 0 Å². The predicted molar refractivity (Wildman–Crippen MR) is 182 cm³/mol. The van der Waals surface area contributed by atoms with Gasteiger partial charge in [-0.1, -0.05) is 62.4 Å². The number of thiophene rings is 1. The molecule has 222 valence electrons. The van der Waals surface area contributed by atoms with Gasteiger partial charge in [0.05, 0.1) is 30.8 Å². The lowest BCUT2D eigenvalue weighted by molar-refractivity contribution is -0.717. The summed E-state index contributed by atoms with van der Waals surface area (Å²) in [6.07, 6.45) is 4.01. The Hall–Kier alpha value is -3.47. The van der Waals surface area contributed by atoms with Crippen LogP contribution in [0.25, 0.3) is 42.6 Å². The molecule has 3 heterocycles. The van der Waals surface area contributed by atoms with Gasteiger partial charge in [0.25, 0.3) is 0 Å². The number of fused-ring (bicyclic) bond motifs is 7. The third-order valence-corrected chi connectivity index (χ3v) is 10.9. The number of rotatable bonds is 8. The molecule has 5 aromatic rings. The molecule has 0 spiro atoms. The second kappa shape index (κ2) is 11.6. The summed E-state index contributed by atoms with van der Waals surface area (Å²) >= 11 is 1.96. The van der Waals surface area contributed by atoms with Crippen molar-refractivity contribution in [2.45, 2.75) is 72.3 Å². The van der Waals surface area contributed by atoms with E-state index in [9.17, 15) is 0 Å². The molecule has 0 N–H and O–H groups in total. The number of ether oxygens (including phenoxy) is 2. The molecule has 43 heavy (non-hydrogen) atoms. The highest BCUT2D eigenvalue weighted by Gasteiger charge is 2.43. The van der Waals surface area contributed by atoms with Crippen LogP contribution in [-0.4, -0.2) is 20.8 Å². The van der Waals surface area contributed by atoms with Gasteiger partial charge < -0.3 is 9.47 Å². The molecule has 3 aromatic carbocycles. The molecule has 0 bridgehead atoms. The first-order valence-electron chi connectivity index (χ1n) is 15.5. The molecule has 0 radical (unpaired) electrons. The van der Waals surface area contributed by atoms with E-state index in [4.69, 9.17) is 9.47 Å². The Bertz CT molecular complexity index is 1860. The molecule has 2 atom stereocenters. The van der Waals surface area contributed by atoms with Crippen molar-refractivity contribution in [2.75, 3.05) is 20.8 Å². The van der Waals surface area contributed by atoms with Crippen LogP contribution < -0.4 is 4.57 Å². The summed E-state index contributed by atoms with van der Waals surface area (Å²) < 4.78 is 15.3. The standard InChI is InChI=1S/C39H44NO2S/c1-22(2)32-21-33-36(30-13-11-10-12-29(30)32)31(15-17-41-8)34(20-26(6)42-9)40-16-14-28-27(7)38(43-39(28)37(33)40)35-24(4)18-23(3)19-25(35)5/h10-14,16,18-19,21-22,31,34H,6,15,17,20H2,1-5,7-9H3/q+1. The summed E-state index contributed by atoms with van der Waals surface area (Å²) in [7, 11) is 3.55. The molecular formula is C39H44NO2S+. The fourth-order valence-electron chi connectivity index (χ4n) is 7.59. The summed E-state index contributed by atoms with van der Waals surface area (Å²) in [5, 5.41) is 4.06. The van der Waals surface area contributed by atoms with Gasteiger partial charge >= 0.3 is 0 Å². The Balaban J connectivity index is 1.74. The van der Waals surface area contributed by atoms with Gasteiger partial charge in [-0.15, -0.1) is 11.3 Å². The average molecular weight is 591 g/mol. The van der Waals surface area contributed by atoms with Crippen LogP contribution in [-0.2, 0) is 9.47 Å². The van der Waals surface area contributed by atoms with Gasteiger partial charge in [-0.2, -0.15) is 4.57 Å². The van der Waals surface area contributed by atoms with Crippen molar-refractivity contribution in [1.82, 2.24) is 0 Å². The highest BCUT2D eigenvalue weighted by Crippen LogP contribution is 2.51. The van der Waals surface area contributed by atoms with E-state index in [1.54, 1.807) is 7.11 Å². The van der Waals surface area contributed by atoms with Crippen LogP contribution in [0.4, 0.5) is 0 Å². The lowest BCUT2D eigenvalue weighted by Gasteiger charge is -2.33. The first-order valence-corrected chi connectivity index (χ1v) is 16.3. The van der Waals surface area contributed by atoms with Crippen molar-refractivity contribution in [1.29, 1.82) is 0 Å². The number of pyridine rings is 1. The maximum atomic E-state index is 5.71. The molecule has 0 amide bonds. The summed E-state index contributed by atoms with van der Waals surface area (Å²) in [5.41, 5.74) is 12.3. The molecule has 3 nitrogen and oxygen atoms in total. The number of methoxy groups -OCH3 is 2. The minimum atomic E-state index is 0.163. The van der Waals surface area contributed by atoms with Gasteiger partial charge in [0.15, 0.2) is 12.2 Å². The number of allylic oxidation sites excluding steroid dienone is 1. The first kappa shape index (κ1) is 29.6. The van der Waals surface area contributed by atoms with Gasteiger partial charge in [0.1, 0.15) is 4.70 Å². The van der Waals surface area contributed by atoms with Crippen LogP contribution in [0.15, 0.2) is 67.1 Å². The summed E-state index contributed by atoms with van der Waals surface area (Å²) in [6, 6.07) is 18.7. The molecule has 2 unspecified atom stereocenters. The Labute approximate surface area is 260 Å². The van der Waals surface area contributed by atoms with Gasteiger partial charge in [-0.05, 0) is 90.3 Å². The SMILES string of the molecule is C=C(CC1C(CCOC)c2c(cc(C(C)C)c3ccccc23)-c2c3sc(-c4c(C)cc(C)cc4C)c(C)c3cc[n+]21)OC. The Morgan fingerprint density at radius 1 is 0.953 bits per heavy atom. The molecule has 0 saturated carbocycles. The van der Waals surface area contributed by atoms with Crippen LogP contribution in [0, 0.1) is 27.7 Å². The fourth-order valence-corrected chi connectivity index (χ4v) is 9.12. The van der Waals surface area contributed by atoms with E-state index in [-0.39, 0.29) is 12.0 Å². The Kier molecular flexibility index (Phi) is 7.95. The first-order chi connectivity index (χ1) is 20.7. The van der Waals surface area contributed by atoms with E-state index in [0.29, 0.717) is 12.5 Å². The van der Waals surface area contributed by atoms with Crippen molar-refractivity contribution in [2.24, 2.45) is 0 Å². The number of hydrogen-bond acceptors (Lipinski definition) is 3. The van der Waals surface area contributed by atoms with E-state index < -0.39 is 0 Å². The van der Waals surface area contributed by atoms with Gasteiger partial charge in [0.2, 0.25) is 5.69 Å². The number of benzene rings is 3. The van der Waals surface area contributed by atoms with Crippen LogP contribution in [0.1, 0.15) is 77.9 Å². The summed E-state index contributed by atoms with van der Waals surface area (Å²) in [4.78, 5) is 1.38. The Morgan fingerprint density at radius 2 is 1.65 bits per heavy atom. The van der Waals surface area contributed by atoms with Gasteiger partial charge in [-0.25, -0.2) is 0 Å². The molecule has 0 aliphatic carbocycles. The zero-order valence-electron chi connectivity index (χ0n) is 26.9.